The number of hydrogen-bond donors (Lipinski definition) is 2. The number of furan rings is 1. The smallest absolute Gasteiger partial charge is 0.136 e. The summed E-state index contributed by atoms with van der Waals surface area (Å²) in [6, 6.07) is 3.58. The molecule has 0 unspecified atom stereocenters. The van der Waals surface area contributed by atoms with Crippen LogP contribution >= 0.6 is 0 Å². The second-order valence-electron chi connectivity index (χ2n) is 2.90. The Balaban J connectivity index is 2.87. The van der Waals surface area contributed by atoms with Gasteiger partial charge in [-0.3, -0.25) is 0 Å². The number of nitrogens with two attached hydrogens (primary N) is 2. The van der Waals surface area contributed by atoms with E-state index in [1.807, 2.05) is 13.0 Å². The lowest BCUT2D eigenvalue weighted by molar-refractivity contribution is 0.613. The quantitative estimate of drug-likeness (QED) is 0.581. The van der Waals surface area contributed by atoms with Crippen LogP contribution in [0.3, 0.4) is 0 Å². The molecule has 3 nitrogen and oxygen atoms in total. The van der Waals surface area contributed by atoms with Crippen LogP contribution in [0.5, 0.6) is 0 Å². The fourth-order valence-corrected chi connectivity index (χ4v) is 1.23. The van der Waals surface area contributed by atoms with Crippen LogP contribution in [0.25, 0.3) is 11.0 Å². The molecule has 0 aliphatic rings. The molecule has 0 aliphatic carbocycles. The Morgan fingerprint density at radius 2 is 1.83 bits per heavy atom. The van der Waals surface area contributed by atoms with Gasteiger partial charge in [-0.2, -0.15) is 0 Å². The molecule has 0 saturated carbocycles. The Labute approximate surface area is 70.0 Å². The summed E-state index contributed by atoms with van der Waals surface area (Å²) in [6.07, 6.45) is 1.70. The van der Waals surface area contributed by atoms with Gasteiger partial charge in [-0.1, -0.05) is 0 Å². The molecule has 0 bridgehead atoms. The molecule has 0 aliphatic heterocycles. The zero-order valence-electron chi connectivity index (χ0n) is 6.79. The highest BCUT2D eigenvalue weighted by Crippen LogP contribution is 2.27. The number of anilines is 2. The molecule has 0 atom stereocenters. The summed E-state index contributed by atoms with van der Waals surface area (Å²) in [4.78, 5) is 0. The Bertz CT molecular complexity index is 431. The van der Waals surface area contributed by atoms with Crippen molar-refractivity contribution in [2.45, 2.75) is 6.92 Å². The second-order valence-corrected chi connectivity index (χ2v) is 2.90. The third kappa shape index (κ3) is 0.830. The molecule has 12 heavy (non-hydrogen) atoms. The first kappa shape index (κ1) is 7.03. The highest BCUT2D eigenvalue weighted by molar-refractivity contribution is 5.89. The average Bonchev–Trinajstić information content (AvgIpc) is 2.35. The summed E-state index contributed by atoms with van der Waals surface area (Å²) in [6.45, 7) is 1.97. The van der Waals surface area contributed by atoms with Gasteiger partial charge in [0.2, 0.25) is 0 Å². The lowest BCUT2D eigenvalue weighted by Gasteiger charge is -1.98. The average molecular weight is 162 g/mol. The number of fused-ring (bicyclic) bond motifs is 1. The number of nitrogen functional groups attached to an aromatic ring is 2. The van der Waals surface area contributed by atoms with Gasteiger partial charge in [0.1, 0.15) is 5.58 Å². The molecule has 2 rings (SSSR count). The van der Waals surface area contributed by atoms with Crippen LogP contribution in [-0.2, 0) is 0 Å². The predicted octanol–water partition coefficient (Wildman–Crippen LogP) is 1.91. The van der Waals surface area contributed by atoms with Crippen molar-refractivity contribution < 1.29 is 4.42 Å². The molecule has 4 N–H and O–H groups in total. The van der Waals surface area contributed by atoms with Gasteiger partial charge in [0.25, 0.3) is 0 Å². The molecule has 1 heterocycles. The van der Waals surface area contributed by atoms with Crippen LogP contribution in [0.4, 0.5) is 11.4 Å². The zero-order chi connectivity index (χ0) is 8.72. The van der Waals surface area contributed by atoms with E-state index >= 15 is 0 Å². The van der Waals surface area contributed by atoms with Gasteiger partial charge in [0.05, 0.1) is 17.6 Å². The van der Waals surface area contributed by atoms with Gasteiger partial charge < -0.3 is 15.9 Å². The molecule has 0 spiro atoms. The Morgan fingerprint density at radius 3 is 2.58 bits per heavy atom. The van der Waals surface area contributed by atoms with Crippen molar-refractivity contribution in [2.24, 2.45) is 0 Å². The van der Waals surface area contributed by atoms with Gasteiger partial charge in [-0.15, -0.1) is 0 Å². The minimum atomic E-state index is 0.567. The Kier molecular flexibility index (Phi) is 1.27. The second kappa shape index (κ2) is 2.17. The van der Waals surface area contributed by atoms with Crippen LogP contribution in [0, 0.1) is 6.92 Å². The van der Waals surface area contributed by atoms with E-state index in [0.717, 1.165) is 16.5 Å². The summed E-state index contributed by atoms with van der Waals surface area (Å²) in [5.74, 6) is 0. The number of rotatable bonds is 0. The maximum atomic E-state index is 5.65. The van der Waals surface area contributed by atoms with Crippen LogP contribution in [0.1, 0.15) is 5.56 Å². The number of hydrogen-bond acceptors (Lipinski definition) is 3. The number of benzene rings is 1. The van der Waals surface area contributed by atoms with Crippen molar-refractivity contribution in [1.29, 1.82) is 0 Å². The molecule has 2 aromatic rings. The van der Waals surface area contributed by atoms with E-state index in [1.54, 1.807) is 12.3 Å². The molecule has 0 radical (unpaired) electrons. The van der Waals surface area contributed by atoms with E-state index < -0.39 is 0 Å². The third-order valence-electron chi connectivity index (χ3n) is 1.97. The van der Waals surface area contributed by atoms with E-state index in [4.69, 9.17) is 15.9 Å². The molecule has 0 saturated heterocycles. The van der Waals surface area contributed by atoms with E-state index in [9.17, 15) is 0 Å². The topological polar surface area (TPSA) is 65.2 Å². The first-order valence-electron chi connectivity index (χ1n) is 3.71. The van der Waals surface area contributed by atoms with Crippen molar-refractivity contribution in [3.63, 3.8) is 0 Å². The van der Waals surface area contributed by atoms with Gasteiger partial charge in [0.15, 0.2) is 0 Å². The van der Waals surface area contributed by atoms with Gasteiger partial charge in [-0.25, -0.2) is 0 Å². The normalized spacial score (nSPS) is 10.8. The summed E-state index contributed by atoms with van der Waals surface area (Å²) in [5, 5.41) is 1.03. The van der Waals surface area contributed by atoms with Crippen molar-refractivity contribution in [3.05, 3.63) is 24.0 Å². The fraction of sp³-hybridized carbons (Fsp3) is 0.111. The first-order valence-corrected chi connectivity index (χ1v) is 3.71. The van der Waals surface area contributed by atoms with Gasteiger partial charge in [0, 0.05) is 11.5 Å². The summed E-state index contributed by atoms with van der Waals surface area (Å²) < 4.78 is 5.25. The largest absolute Gasteiger partial charge is 0.464 e. The standard InChI is InChI=1S/C9H10N2O/c1-5-4-12-9-3-8(11)7(10)2-6(5)9/h2-4H,10-11H2,1H3. The van der Waals surface area contributed by atoms with E-state index in [-0.39, 0.29) is 0 Å². The van der Waals surface area contributed by atoms with Crippen molar-refractivity contribution in [2.75, 3.05) is 11.5 Å². The summed E-state index contributed by atoms with van der Waals surface area (Å²) in [5.41, 5.74) is 14.3. The maximum absolute atomic E-state index is 5.65. The van der Waals surface area contributed by atoms with E-state index in [1.165, 1.54) is 0 Å². The Hall–Kier alpha value is -1.64. The van der Waals surface area contributed by atoms with Crippen molar-refractivity contribution >= 4 is 22.3 Å². The van der Waals surface area contributed by atoms with Gasteiger partial charge >= 0.3 is 0 Å². The molecule has 1 aromatic carbocycles. The predicted molar refractivity (Wildman–Crippen MR) is 49.8 cm³/mol. The highest BCUT2D eigenvalue weighted by atomic mass is 16.3. The minimum absolute atomic E-state index is 0.567. The molecule has 3 heteroatoms. The van der Waals surface area contributed by atoms with Crippen molar-refractivity contribution in [3.8, 4) is 0 Å². The minimum Gasteiger partial charge on any atom is -0.464 e. The zero-order valence-corrected chi connectivity index (χ0v) is 6.79. The SMILES string of the molecule is Cc1coc2cc(N)c(N)cc12. The number of aryl methyl sites for hydroxylation is 1. The van der Waals surface area contributed by atoms with Crippen LogP contribution in [0.15, 0.2) is 22.8 Å². The monoisotopic (exact) mass is 162 g/mol. The fourth-order valence-electron chi connectivity index (χ4n) is 1.23. The Morgan fingerprint density at radius 1 is 1.17 bits per heavy atom. The molecular weight excluding hydrogens is 152 g/mol. The molecule has 0 fully saturated rings. The first-order chi connectivity index (χ1) is 5.68. The molecule has 62 valence electrons. The maximum Gasteiger partial charge on any atom is 0.136 e. The van der Waals surface area contributed by atoms with Crippen molar-refractivity contribution in [1.82, 2.24) is 0 Å². The van der Waals surface area contributed by atoms with E-state index in [2.05, 4.69) is 0 Å². The van der Waals surface area contributed by atoms with Crippen LogP contribution in [0.2, 0.25) is 0 Å². The van der Waals surface area contributed by atoms with E-state index in [0.29, 0.717) is 11.4 Å². The summed E-state index contributed by atoms with van der Waals surface area (Å²) >= 11 is 0. The molecule has 1 aromatic heterocycles. The molecule has 0 amide bonds. The lowest BCUT2D eigenvalue weighted by Crippen LogP contribution is -1.93. The highest BCUT2D eigenvalue weighted by Gasteiger charge is 2.04. The summed E-state index contributed by atoms with van der Waals surface area (Å²) in [7, 11) is 0. The lowest BCUT2D eigenvalue weighted by atomic mass is 10.1. The van der Waals surface area contributed by atoms with Crippen LogP contribution < -0.4 is 11.5 Å². The molecular formula is C9H10N2O. The van der Waals surface area contributed by atoms with Gasteiger partial charge in [-0.05, 0) is 18.6 Å². The van der Waals surface area contributed by atoms with Crippen LogP contribution in [-0.4, -0.2) is 0 Å². The third-order valence-corrected chi connectivity index (χ3v) is 1.97.